The molecule has 0 N–H and O–H groups in total. The van der Waals surface area contributed by atoms with Crippen molar-refractivity contribution >= 4 is 0 Å². The number of hydrogen-bond donors (Lipinski definition) is 0. The van der Waals surface area contributed by atoms with Gasteiger partial charge in [-0.3, -0.25) is 0 Å². The van der Waals surface area contributed by atoms with Crippen molar-refractivity contribution in [2.45, 2.75) is 26.2 Å². The van der Waals surface area contributed by atoms with Crippen LogP contribution in [0.15, 0.2) is 0 Å². The van der Waals surface area contributed by atoms with Gasteiger partial charge in [0.1, 0.15) is 0 Å². The van der Waals surface area contributed by atoms with E-state index in [0.717, 1.165) is 5.92 Å². The molecule has 0 spiro atoms. The molecular formula is C7H14I-. The van der Waals surface area contributed by atoms with E-state index in [-0.39, 0.29) is 0 Å². The number of halogens is 1. The van der Waals surface area contributed by atoms with Gasteiger partial charge in [0.15, 0.2) is 0 Å². The third-order valence-corrected chi connectivity index (χ3v) is 4.93. The number of hydrogen-bond acceptors (Lipinski definition) is 0. The summed E-state index contributed by atoms with van der Waals surface area (Å²) in [4.78, 5) is 0. The van der Waals surface area contributed by atoms with Crippen LogP contribution in [-0.4, -0.2) is 8.86 Å². The van der Waals surface area contributed by atoms with Gasteiger partial charge in [-0.1, -0.05) is 0 Å². The average Bonchev–Trinajstić information content (AvgIpc) is 2.19. The van der Waals surface area contributed by atoms with Crippen LogP contribution in [0, 0.1) is 5.92 Å². The molecule has 0 aromatic heterocycles. The Morgan fingerprint density at radius 2 is 2.50 bits per heavy atom. The van der Waals surface area contributed by atoms with Crippen LogP contribution in [0.4, 0.5) is 0 Å². The molecule has 0 nitrogen and oxygen atoms in total. The summed E-state index contributed by atoms with van der Waals surface area (Å²) in [6.07, 6.45) is 4.50. The zero-order valence-corrected chi connectivity index (χ0v) is 7.65. The molecule has 1 rings (SSSR count). The summed E-state index contributed by atoms with van der Waals surface area (Å²) in [5.74, 6) is 1.16. The van der Waals surface area contributed by atoms with Crippen LogP contribution in [0.5, 0.6) is 0 Å². The molecular weight excluding hydrogens is 211 g/mol. The van der Waals surface area contributed by atoms with Crippen LogP contribution in [0.25, 0.3) is 0 Å². The minimum absolute atomic E-state index is 0.690. The van der Waals surface area contributed by atoms with Gasteiger partial charge in [-0.05, 0) is 0 Å². The molecule has 50 valence electrons. The second kappa shape index (κ2) is 3.70. The SMILES string of the molecule is CCC[C@@H]1CC[I-]C1. The molecule has 1 heteroatoms. The topological polar surface area (TPSA) is 0 Å². The van der Waals surface area contributed by atoms with Gasteiger partial charge in [-0.2, -0.15) is 0 Å². The predicted octanol–water partition coefficient (Wildman–Crippen LogP) is -1.10. The molecule has 1 aliphatic heterocycles. The first-order valence-electron chi connectivity index (χ1n) is 3.47. The summed E-state index contributed by atoms with van der Waals surface area (Å²) >= 11 is 0.690. The fraction of sp³-hybridized carbons (Fsp3) is 1.00. The van der Waals surface area contributed by atoms with Crippen LogP contribution in [0.2, 0.25) is 0 Å². The molecule has 0 aromatic carbocycles. The van der Waals surface area contributed by atoms with Gasteiger partial charge in [-0.15, -0.1) is 0 Å². The molecule has 0 amide bonds. The van der Waals surface area contributed by atoms with Crippen molar-refractivity contribution in [1.82, 2.24) is 0 Å². The third-order valence-electron chi connectivity index (χ3n) is 1.68. The third kappa shape index (κ3) is 1.92. The van der Waals surface area contributed by atoms with Crippen LogP contribution in [-0.2, 0) is 0 Å². The summed E-state index contributed by atoms with van der Waals surface area (Å²) in [5, 5.41) is 0. The summed E-state index contributed by atoms with van der Waals surface area (Å²) in [6, 6.07) is 0. The Labute approximate surface area is 62.3 Å². The minimum atomic E-state index is 0.690. The number of alkyl halides is 2. The molecule has 1 heterocycles. The van der Waals surface area contributed by atoms with Gasteiger partial charge in [0.25, 0.3) is 0 Å². The molecule has 1 fully saturated rings. The quantitative estimate of drug-likeness (QED) is 0.413. The van der Waals surface area contributed by atoms with Crippen molar-refractivity contribution in [3.05, 3.63) is 0 Å². The Morgan fingerprint density at radius 3 is 3.00 bits per heavy atom. The van der Waals surface area contributed by atoms with Gasteiger partial charge in [-0.25, -0.2) is 0 Å². The van der Waals surface area contributed by atoms with Gasteiger partial charge in [0.05, 0.1) is 0 Å². The average molecular weight is 225 g/mol. The maximum absolute atomic E-state index is 2.30. The Balaban J connectivity index is 2.06. The van der Waals surface area contributed by atoms with E-state index >= 15 is 0 Å². The Morgan fingerprint density at radius 1 is 1.62 bits per heavy atom. The first-order chi connectivity index (χ1) is 3.93. The molecule has 1 aliphatic rings. The van der Waals surface area contributed by atoms with E-state index in [1.54, 1.807) is 15.3 Å². The second-order valence-corrected chi connectivity index (χ2v) is 5.51. The normalized spacial score (nSPS) is 29.9. The fourth-order valence-corrected chi connectivity index (χ4v) is 4.69. The van der Waals surface area contributed by atoms with Crippen LogP contribution >= 0.6 is 0 Å². The van der Waals surface area contributed by atoms with Crippen molar-refractivity contribution in [3.8, 4) is 0 Å². The maximum atomic E-state index is 2.30. The van der Waals surface area contributed by atoms with Gasteiger partial charge in [0.2, 0.25) is 0 Å². The predicted molar refractivity (Wildman–Crippen MR) is 32.7 cm³/mol. The monoisotopic (exact) mass is 225 g/mol. The van der Waals surface area contributed by atoms with Crippen molar-refractivity contribution in [1.29, 1.82) is 0 Å². The Kier molecular flexibility index (Phi) is 3.16. The standard InChI is InChI=1S/C7H14I/c1-2-3-7-4-5-8-6-7/h7H,2-6H2,1H3/q-1/t7-/m1/s1. The summed E-state index contributed by atoms with van der Waals surface area (Å²) in [6.45, 7) is 2.30. The van der Waals surface area contributed by atoms with Gasteiger partial charge >= 0.3 is 62.2 Å². The van der Waals surface area contributed by atoms with Crippen molar-refractivity contribution in [2.24, 2.45) is 5.92 Å². The van der Waals surface area contributed by atoms with Crippen LogP contribution < -0.4 is 21.2 Å². The molecule has 0 radical (unpaired) electrons. The fourth-order valence-electron chi connectivity index (χ4n) is 1.17. The molecule has 0 aliphatic carbocycles. The summed E-state index contributed by atoms with van der Waals surface area (Å²) in [7, 11) is 0. The summed E-state index contributed by atoms with van der Waals surface area (Å²) in [5.41, 5.74) is 0. The Hall–Kier alpha value is 0.730. The van der Waals surface area contributed by atoms with Crippen molar-refractivity contribution < 1.29 is 21.2 Å². The first kappa shape index (κ1) is 6.84. The number of rotatable bonds is 2. The van der Waals surface area contributed by atoms with Crippen LogP contribution in [0.1, 0.15) is 26.2 Å². The molecule has 8 heavy (non-hydrogen) atoms. The van der Waals surface area contributed by atoms with E-state index in [1.165, 1.54) is 12.8 Å². The van der Waals surface area contributed by atoms with Crippen molar-refractivity contribution in [3.63, 3.8) is 0 Å². The van der Waals surface area contributed by atoms with Gasteiger partial charge in [0, 0.05) is 0 Å². The Bertz CT molecular complexity index is 55.4. The van der Waals surface area contributed by atoms with E-state index in [9.17, 15) is 0 Å². The van der Waals surface area contributed by atoms with Crippen LogP contribution in [0.3, 0.4) is 0 Å². The van der Waals surface area contributed by atoms with E-state index < -0.39 is 0 Å². The molecule has 0 bridgehead atoms. The molecule has 0 aromatic rings. The van der Waals surface area contributed by atoms with E-state index in [0.29, 0.717) is 21.2 Å². The molecule has 1 saturated heterocycles. The van der Waals surface area contributed by atoms with E-state index in [1.807, 2.05) is 0 Å². The van der Waals surface area contributed by atoms with Crippen molar-refractivity contribution in [2.75, 3.05) is 8.86 Å². The zero-order valence-electron chi connectivity index (χ0n) is 5.49. The van der Waals surface area contributed by atoms with E-state index in [4.69, 9.17) is 0 Å². The zero-order chi connectivity index (χ0) is 5.82. The summed E-state index contributed by atoms with van der Waals surface area (Å²) < 4.78 is 3.25. The molecule has 1 atom stereocenters. The second-order valence-electron chi connectivity index (χ2n) is 2.48. The van der Waals surface area contributed by atoms with E-state index in [2.05, 4.69) is 6.92 Å². The molecule has 0 saturated carbocycles. The van der Waals surface area contributed by atoms with Gasteiger partial charge < -0.3 is 0 Å². The molecule has 0 unspecified atom stereocenters. The first-order valence-corrected chi connectivity index (χ1v) is 6.52.